The molecule has 2 aromatic carbocycles. The van der Waals surface area contributed by atoms with Crippen LogP contribution in [0.5, 0.6) is 5.75 Å². The Morgan fingerprint density at radius 2 is 2.10 bits per heavy atom. The van der Waals surface area contributed by atoms with Crippen molar-refractivity contribution in [3.63, 3.8) is 0 Å². The average molecular weight is 447 g/mol. The molecule has 3 rings (SSSR count). The number of methoxy groups -OCH3 is 1. The summed E-state index contributed by atoms with van der Waals surface area (Å²) in [5.74, 6) is -1.66. The van der Waals surface area contributed by atoms with Gasteiger partial charge in [0.05, 0.1) is 23.4 Å². The minimum Gasteiger partial charge on any atom is -0.464 e. The first-order valence-corrected chi connectivity index (χ1v) is 9.59. The van der Waals surface area contributed by atoms with E-state index in [1.807, 2.05) is 0 Å². The van der Waals surface area contributed by atoms with Gasteiger partial charge in [-0.05, 0) is 31.2 Å². The molecule has 2 N–H and O–H groups in total. The number of nitrogens with two attached hydrogens (primary N) is 1. The van der Waals surface area contributed by atoms with Crippen molar-refractivity contribution in [2.24, 2.45) is 4.99 Å². The van der Waals surface area contributed by atoms with Crippen molar-refractivity contribution in [2.45, 2.75) is 6.92 Å². The fourth-order valence-electron chi connectivity index (χ4n) is 2.91. The van der Waals surface area contributed by atoms with Crippen LogP contribution in [0.2, 0.25) is 5.02 Å². The van der Waals surface area contributed by atoms with Crippen LogP contribution in [0, 0.1) is 5.82 Å². The van der Waals surface area contributed by atoms with Crippen LogP contribution >= 0.6 is 11.6 Å². The lowest BCUT2D eigenvalue weighted by Crippen LogP contribution is -2.11. The van der Waals surface area contributed by atoms with E-state index in [0.29, 0.717) is 21.5 Å². The number of carbonyl (C=O) groups is 1. The third kappa shape index (κ3) is 4.57. The summed E-state index contributed by atoms with van der Waals surface area (Å²) in [6, 6.07) is 6.34. The van der Waals surface area contributed by atoms with Crippen molar-refractivity contribution in [3.05, 3.63) is 46.4 Å². The molecule has 3 aromatic rings. The van der Waals surface area contributed by atoms with Crippen LogP contribution < -0.4 is 10.5 Å². The molecule has 0 aliphatic carbocycles. The molecule has 0 aliphatic rings. The van der Waals surface area contributed by atoms with Gasteiger partial charge in [-0.15, -0.1) is 0 Å². The second-order valence-corrected chi connectivity index (χ2v) is 6.72. The molecule has 0 aliphatic heterocycles. The van der Waals surface area contributed by atoms with E-state index in [-0.39, 0.29) is 41.9 Å². The number of aromatic nitrogens is 2. The van der Waals surface area contributed by atoms with Crippen LogP contribution in [0.4, 0.5) is 10.1 Å². The van der Waals surface area contributed by atoms with Gasteiger partial charge in [-0.1, -0.05) is 11.6 Å². The highest BCUT2D eigenvalue weighted by molar-refractivity contribution is 6.31. The summed E-state index contributed by atoms with van der Waals surface area (Å²) in [5, 5.41) is 0.804. The molecule has 0 saturated carbocycles. The minimum atomic E-state index is -0.818. The maximum absolute atomic E-state index is 15.1. The molecule has 0 saturated heterocycles. The van der Waals surface area contributed by atoms with Gasteiger partial charge in [0.15, 0.2) is 29.9 Å². The smallest absolute Gasteiger partial charge is 0.357 e. The third-order valence-corrected chi connectivity index (χ3v) is 4.48. The maximum atomic E-state index is 15.1. The molecule has 1 aromatic heterocycles. The first-order valence-electron chi connectivity index (χ1n) is 9.21. The molecule has 0 fully saturated rings. The van der Waals surface area contributed by atoms with Gasteiger partial charge in [0.1, 0.15) is 0 Å². The van der Waals surface area contributed by atoms with Crippen molar-refractivity contribution >= 4 is 40.4 Å². The molecule has 0 unspecified atom stereocenters. The Labute approximate surface area is 182 Å². The largest absolute Gasteiger partial charge is 0.464 e. The minimum absolute atomic E-state index is 0.00927. The lowest BCUT2D eigenvalue weighted by atomic mass is 10.1. The number of esters is 1. The van der Waals surface area contributed by atoms with Gasteiger partial charge >= 0.3 is 5.97 Å². The molecular formula is C21H20ClFN4O4. The number of benzene rings is 2. The Morgan fingerprint density at radius 1 is 1.32 bits per heavy atom. The number of fused-ring (bicyclic) bond motifs is 1. The Morgan fingerprint density at radius 3 is 2.77 bits per heavy atom. The van der Waals surface area contributed by atoms with Crippen molar-refractivity contribution in [1.29, 1.82) is 0 Å². The highest BCUT2D eigenvalue weighted by Crippen LogP contribution is 2.37. The van der Waals surface area contributed by atoms with E-state index in [1.165, 1.54) is 26.4 Å². The Bertz CT molecular complexity index is 1170. The lowest BCUT2D eigenvalue weighted by molar-refractivity contribution is 0.0487. The van der Waals surface area contributed by atoms with Crippen LogP contribution in [0.3, 0.4) is 0 Å². The lowest BCUT2D eigenvalue weighted by Gasteiger charge is -2.15. The number of ether oxygens (including phenoxy) is 3. The second-order valence-electron chi connectivity index (χ2n) is 6.29. The fraction of sp³-hybridized carbons (Fsp3) is 0.238. The zero-order valence-corrected chi connectivity index (χ0v) is 17.9. The number of anilines is 1. The monoisotopic (exact) mass is 446 g/mol. The van der Waals surface area contributed by atoms with Crippen LogP contribution in [0.15, 0.2) is 29.3 Å². The first kappa shape index (κ1) is 22.4. The van der Waals surface area contributed by atoms with Crippen molar-refractivity contribution < 1.29 is 23.4 Å². The summed E-state index contributed by atoms with van der Waals surface area (Å²) >= 11 is 6.09. The molecule has 31 heavy (non-hydrogen) atoms. The molecule has 8 nitrogen and oxygen atoms in total. The van der Waals surface area contributed by atoms with Gasteiger partial charge in [0.2, 0.25) is 0 Å². The molecule has 0 amide bonds. The van der Waals surface area contributed by atoms with Crippen LogP contribution in [-0.4, -0.2) is 49.7 Å². The van der Waals surface area contributed by atoms with Crippen molar-refractivity contribution in [1.82, 2.24) is 9.97 Å². The summed E-state index contributed by atoms with van der Waals surface area (Å²) < 4.78 is 30.5. The predicted molar refractivity (Wildman–Crippen MR) is 116 cm³/mol. The number of halogens is 2. The number of hydrogen-bond donors (Lipinski definition) is 1. The van der Waals surface area contributed by atoms with Gasteiger partial charge < -0.3 is 19.9 Å². The van der Waals surface area contributed by atoms with Gasteiger partial charge in [0.25, 0.3) is 0 Å². The average Bonchev–Trinajstić information content (AvgIpc) is 2.75. The van der Waals surface area contributed by atoms with E-state index in [1.54, 1.807) is 25.1 Å². The van der Waals surface area contributed by atoms with Gasteiger partial charge in [0, 0.05) is 36.3 Å². The quantitative estimate of drug-likeness (QED) is 0.254. The molecule has 162 valence electrons. The number of nitrogens with zero attached hydrogens (tertiary/aromatic N) is 3. The van der Waals surface area contributed by atoms with Crippen LogP contribution in [-0.2, 0) is 9.47 Å². The molecule has 10 heteroatoms. The van der Waals surface area contributed by atoms with E-state index in [0.717, 1.165) is 0 Å². The second kappa shape index (κ2) is 9.67. The van der Waals surface area contributed by atoms with Gasteiger partial charge in [-0.2, -0.15) is 0 Å². The topological polar surface area (TPSA) is 109 Å². The Kier molecular flexibility index (Phi) is 6.98. The maximum Gasteiger partial charge on any atom is 0.357 e. The molecular weight excluding hydrogens is 427 g/mol. The first-order chi connectivity index (χ1) is 14.9. The number of aliphatic imine (C=N–C) groups is 1. The molecule has 0 radical (unpaired) electrons. The summed E-state index contributed by atoms with van der Waals surface area (Å²) in [5.41, 5.74) is 6.62. The van der Waals surface area contributed by atoms with E-state index in [4.69, 9.17) is 31.5 Å². The van der Waals surface area contributed by atoms with Gasteiger partial charge in [-0.25, -0.2) is 19.2 Å². The Hall–Kier alpha value is -3.30. The number of rotatable bonds is 7. The highest BCUT2D eigenvalue weighted by Gasteiger charge is 2.23. The highest BCUT2D eigenvalue weighted by atomic mass is 35.5. The Balaban J connectivity index is 2.34. The molecule has 1 heterocycles. The van der Waals surface area contributed by atoms with Crippen molar-refractivity contribution in [2.75, 3.05) is 33.3 Å². The molecule has 0 spiro atoms. The van der Waals surface area contributed by atoms with Crippen molar-refractivity contribution in [3.8, 4) is 17.1 Å². The predicted octanol–water partition coefficient (Wildman–Crippen LogP) is 3.88. The SMILES string of the molecule is CCOC(=O)c1nc(-c2cc(C=NC)c(N)c(F)c2OCOC)nc2ccc(Cl)cc12. The van der Waals surface area contributed by atoms with E-state index in [9.17, 15) is 4.79 Å². The molecule has 0 bridgehead atoms. The summed E-state index contributed by atoms with van der Waals surface area (Å²) in [6.45, 7) is 1.59. The van der Waals surface area contributed by atoms with E-state index >= 15 is 4.39 Å². The summed E-state index contributed by atoms with van der Waals surface area (Å²) in [6.07, 6.45) is 1.40. The van der Waals surface area contributed by atoms with E-state index in [2.05, 4.69) is 15.0 Å². The number of hydrogen-bond acceptors (Lipinski definition) is 8. The zero-order valence-electron chi connectivity index (χ0n) is 17.1. The normalized spacial score (nSPS) is 11.3. The summed E-state index contributed by atoms with van der Waals surface area (Å²) in [4.78, 5) is 25.3. The van der Waals surface area contributed by atoms with Crippen LogP contribution in [0.25, 0.3) is 22.3 Å². The summed E-state index contributed by atoms with van der Waals surface area (Å²) in [7, 11) is 2.93. The van der Waals surface area contributed by atoms with E-state index < -0.39 is 11.8 Å². The number of nitrogen functional groups attached to an aromatic ring is 1. The fourth-order valence-corrected chi connectivity index (χ4v) is 3.09. The zero-order chi connectivity index (χ0) is 22.5. The standard InChI is InChI=1S/C21H20ClFN4O4/c1-4-30-21(28)18-13-8-12(22)5-6-15(13)26-20(27-18)14-7-11(9-25-2)17(24)16(23)19(14)31-10-29-3/h5-9H,4,10,24H2,1-3H3. The number of carbonyl (C=O) groups excluding carboxylic acids is 1. The third-order valence-electron chi connectivity index (χ3n) is 4.25. The van der Waals surface area contributed by atoms with Crippen LogP contribution in [0.1, 0.15) is 23.0 Å². The van der Waals surface area contributed by atoms with Gasteiger partial charge in [-0.3, -0.25) is 4.99 Å². The molecule has 0 atom stereocenters.